The molecular weight excluding hydrogens is 370 g/mol. The fraction of sp³-hybridized carbons (Fsp3) is 0.136. The van der Waals surface area contributed by atoms with E-state index in [1.165, 1.54) is 0 Å². The van der Waals surface area contributed by atoms with Crippen LogP contribution in [0.3, 0.4) is 0 Å². The Kier molecular flexibility index (Phi) is 4.87. The van der Waals surface area contributed by atoms with Crippen LogP contribution in [0, 0.1) is 0 Å². The molecule has 7 heteroatoms. The van der Waals surface area contributed by atoms with Crippen LogP contribution in [0.25, 0.3) is 33.5 Å². The van der Waals surface area contributed by atoms with Crippen molar-refractivity contribution < 1.29 is 19.4 Å². The SMILES string of the molecule is CCOc1ccc(-c2[nH]nc3nc(-c4ccccc4OC)cc(C(=O)O)c23)cc1. The van der Waals surface area contributed by atoms with Gasteiger partial charge in [-0.3, -0.25) is 5.10 Å². The third-order valence-corrected chi connectivity index (χ3v) is 4.59. The molecule has 0 aliphatic carbocycles. The second kappa shape index (κ2) is 7.63. The molecule has 0 atom stereocenters. The third-order valence-electron chi connectivity index (χ3n) is 4.59. The largest absolute Gasteiger partial charge is 0.496 e. The molecule has 4 aromatic rings. The molecule has 7 nitrogen and oxygen atoms in total. The Labute approximate surface area is 166 Å². The predicted octanol–water partition coefficient (Wildman–Crippen LogP) is 4.40. The van der Waals surface area contributed by atoms with E-state index in [1.807, 2.05) is 49.4 Å². The number of aromatic amines is 1. The van der Waals surface area contributed by atoms with E-state index < -0.39 is 5.97 Å². The molecule has 0 aliphatic heterocycles. The molecule has 2 aromatic heterocycles. The lowest BCUT2D eigenvalue weighted by atomic mass is 10.0. The molecule has 146 valence electrons. The van der Waals surface area contributed by atoms with Crippen LogP contribution < -0.4 is 9.47 Å². The van der Waals surface area contributed by atoms with E-state index in [0.717, 1.165) is 11.3 Å². The fourth-order valence-corrected chi connectivity index (χ4v) is 3.28. The topological polar surface area (TPSA) is 97.3 Å². The number of carboxylic acids is 1. The molecule has 2 N–H and O–H groups in total. The fourth-order valence-electron chi connectivity index (χ4n) is 3.28. The Morgan fingerprint density at radius 2 is 1.90 bits per heavy atom. The van der Waals surface area contributed by atoms with Crippen LogP contribution in [0.5, 0.6) is 11.5 Å². The van der Waals surface area contributed by atoms with Gasteiger partial charge in [0.25, 0.3) is 0 Å². The first-order chi connectivity index (χ1) is 14.1. The maximum absolute atomic E-state index is 12.1. The highest BCUT2D eigenvalue weighted by Gasteiger charge is 2.20. The van der Waals surface area contributed by atoms with Crippen LogP contribution in [0.2, 0.25) is 0 Å². The van der Waals surface area contributed by atoms with Gasteiger partial charge in [0.05, 0.1) is 36.1 Å². The predicted molar refractivity (Wildman–Crippen MR) is 109 cm³/mol. The minimum atomic E-state index is -1.05. The number of hydrogen-bond donors (Lipinski definition) is 2. The first kappa shape index (κ1) is 18.5. The molecule has 0 aliphatic rings. The summed E-state index contributed by atoms with van der Waals surface area (Å²) >= 11 is 0. The van der Waals surface area contributed by atoms with Crippen LogP contribution in [0.1, 0.15) is 17.3 Å². The summed E-state index contributed by atoms with van der Waals surface area (Å²) in [6.45, 7) is 2.49. The summed E-state index contributed by atoms with van der Waals surface area (Å²) in [5, 5.41) is 17.5. The number of carboxylic acid groups (broad SMARTS) is 1. The Morgan fingerprint density at radius 1 is 1.14 bits per heavy atom. The molecule has 0 bridgehead atoms. The van der Waals surface area contributed by atoms with Crippen LogP contribution >= 0.6 is 0 Å². The van der Waals surface area contributed by atoms with Crippen molar-refractivity contribution in [2.24, 2.45) is 0 Å². The van der Waals surface area contributed by atoms with E-state index in [4.69, 9.17) is 9.47 Å². The molecule has 0 amide bonds. The van der Waals surface area contributed by atoms with Gasteiger partial charge in [0, 0.05) is 11.1 Å². The minimum absolute atomic E-state index is 0.119. The number of nitrogens with one attached hydrogen (secondary N) is 1. The molecule has 4 rings (SSSR count). The van der Waals surface area contributed by atoms with Gasteiger partial charge in [-0.05, 0) is 49.4 Å². The number of pyridine rings is 1. The molecule has 2 heterocycles. The van der Waals surface area contributed by atoms with Gasteiger partial charge in [-0.15, -0.1) is 0 Å². The van der Waals surface area contributed by atoms with Crippen LogP contribution in [-0.2, 0) is 0 Å². The molecule has 0 radical (unpaired) electrons. The van der Waals surface area contributed by atoms with Gasteiger partial charge >= 0.3 is 5.97 Å². The molecular formula is C22H19N3O4. The summed E-state index contributed by atoms with van der Waals surface area (Å²) in [6, 6.07) is 16.3. The number of para-hydroxylation sites is 1. The van der Waals surface area contributed by atoms with Crippen molar-refractivity contribution in [2.75, 3.05) is 13.7 Å². The Hall–Kier alpha value is -3.87. The summed E-state index contributed by atoms with van der Waals surface area (Å²) < 4.78 is 10.9. The highest BCUT2D eigenvalue weighted by Crippen LogP contribution is 2.34. The number of hydrogen-bond acceptors (Lipinski definition) is 5. The maximum Gasteiger partial charge on any atom is 0.336 e. The number of aromatic nitrogens is 3. The quantitative estimate of drug-likeness (QED) is 0.507. The molecule has 0 saturated heterocycles. The van der Waals surface area contributed by atoms with E-state index in [1.54, 1.807) is 19.2 Å². The summed E-state index contributed by atoms with van der Waals surface area (Å²) in [6.07, 6.45) is 0. The van der Waals surface area contributed by atoms with Gasteiger partial charge < -0.3 is 14.6 Å². The average molecular weight is 389 g/mol. The molecule has 0 fully saturated rings. The van der Waals surface area contributed by atoms with E-state index in [2.05, 4.69) is 15.2 Å². The Balaban J connectivity index is 1.89. The summed E-state index contributed by atoms with van der Waals surface area (Å²) in [4.78, 5) is 16.6. The van der Waals surface area contributed by atoms with Gasteiger partial charge in [0.1, 0.15) is 11.5 Å². The minimum Gasteiger partial charge on any atom is -0.496 e. The summed E-state index contributed by atoms with van der Waals surface area (Å²) in [7, 11) is 1.56. The second-order valence-electron chi connectivity index (χ2n) is 6.32. The number of methoxy groups -OCH3 is 1. The number of rotatable bonds is 6. The number of nitrogens with zero attached hydrogens (tertiary/aromatic N) is 2. The van der Waals surface area contributed by atoms with Crippen molar-refractivity contribution in [2.45, 2.75) is 6.92 Å². The number of ether oxygens (including phenoxy) is 2. The zero-order valence-corrected chi connectivity index (χ0v) is 16.0. The monoisotopic (exact) mass is 389 g/mol. The van der Waals surface area contributed by atoms with Gasteiger partial charge in [0.2, 0.25) is 0 Å². The van der Waals surface area contributed by atoms with Crippen molar-refractivity contribution in [3.05, 3.63) is 60.2 Å². The average Bonchev–Trinajstić information content (AvgIpc) is 3.17. The van der Waals surface area contributed by atoms with Gasteiger partial charge in [-0.1, -0.05) is 12.1 Å². The van der Waals surface area contributed by atoms with Crippen molar-refractivity contribution >= 4 is 17.0 Å². The van der Waals surface area contributed by atoms with Gasteiger partial charge in [0.15, 0.2) is 5.65 Å². The van der Waals surface area contributed by atoms with E-state index in [-0.39, 0.29) is 5.56 Å². The van der Waals surface area contributed by atoms with Crippen LogP contribution in [0.15, 0.2) is 54.6 Å². The van der Waals surface area contributed by atoms with Crippen molar-refractivity contribution in [3.8, 4) is 34.0 Å². The lowest BCUT2D eigenvalue weighted by Crippen LogP contribution is -2.01. The lowest BCUT2D eigenvalue weighted by molar-refractivity contribution is 0.0699. The van der Waals surface area contributed by atoms with Crippen molar-refractivity contribution in [1.82, 2.24) is 15.2 Å². The Bertz CT molecular complexity index is 1180. The van der Waals surface area contributed by atoms with E-state index in [0.29, 0.717) is 40.3 Å². The standard InChI is InChI=1S/C22H19N3O4/c1-3-29-14-10-8-13(9-11-14)20-19-16(22(26)27)12-17(23-21(19)25-24-20)15-6-4-5-7-18(15)28-2/h4-12H,3H2,1-2H3,(H,26,27)(H,23,24,25). The zero-order valence-electron chi connectivity index (χ0n) is 16.0. The lowest BCUT2D eigenvalue weighted by Gasteiger charge is -2.09. The molecule has 0 saturated carbocycles. The first-order valence-electron chi connectivity index (χ1n) is 9.11. The molecule has 29 heavy (non-hydrogen) atoms. The third kappa shape index (κ3) is 3.38. The van der Waals surface area contributed by atoms with Crippen molar-refractivity contribution in [3.63, 3.8) is 0 Å². The van der Waals surface area contributed by atoms with Crippen LogP contribution in [0.4, 0.5) is 0 Å². The number of H-pyrrole nitrogens is 1. The van der Waals surface area contributed by atoms with E-state index >= 15 is 0 Å². The summed E-state index contributed by atoms with van der Waals surface area (Å²) in [5.41, 5.74) is 3.02. The number of benzene rings is 2. The Morgan fingerprint density at radius 3 is 2.59 bits per heavy atom. The normalized spacial score (nSPS) is 10.8. The summed E-state index contributed by atoms with van der Waals surface area (Å²) in [5.74, 6) is 0.301. The van der Waals surface area contributed by atoms with Crippen molar-refractivity contribution in [1.29, 1.82) is 0 Å². The molecule has 0 unspecified atom stereocenters. The second-order valence-corrected chi connectivity index (χ2v) is 6.32. The number of fused-ring (bicyclic) bond motifs is 1. The maximum atomic E-state index is 12.1. The highest BCUT2D eigenvalue weighted by molar-refractivity contribution is 6.08. The van der Waals surface area contributed by atoms with Gasteiger partial charge in [-0.25, -0.2) is 9.78 Å². The van der Waals surface area contributed by atoms with Crippen LogP contribution in [-0.4, -0.2) is 40.0 Å². The smallest absolute Gasteiger partial charge is 0.336 e. The molecule has 2 aromatic carbocycles. The number of aromatic carboxylic acids is 1. The zero-order chi connectivity index (χ0) is 20.4. The highest BCUT2D eigenvalue weighted by atomic mass is 16.5. The molecule has 0 spiro atoms. The van der Waals surface area contributed by atoms with E-state index in [9.17, 15) is 9.90 Å². The number of carbonyl (C=O) groups is 1. The first-order valence-corrected chi connectivity index (χ1v) is 9.11. The van der Waals surface area contributed by atoms with Gasteiger partial charge in [-0.2, -0.15) is 5.10 Å².